The number of imidazole rings is 1. The van der Waals surface area contributed by atoms with E-state index in [9.17, 15) is 4.39 Å². The zero-order valence-electron chi connectivity index (χ0n) is 12.2. The van der Waals surface area contributed by atoms with E-state index in [1.165, 1.54) is 15.8 Å². The summed E-state index contributed by atoms with van der Waals surface area (Å²) in [6.07, 6.45) is 0. The smallest absolute Gasteiger partial charge is 0.128 e. The van der Waals surface area contributed by atoms with Gasteiger partial charge in [0.15, 0.2) is 0 Å². The van der Waals surface area contributed by atoms with Crippen molar-refractivity contribution in [1.82, 2.24) is 9.55 Å². The van der Waals surface area contributed by atoms with Crippen LogP contribution in [0.15, 0.2) is 24.3 Å². The average Bonchev–Trinajstić information content (AvgIpc) is 3.02. The number of alkyl halides is 1. The molecule has 0 aliphatic carbocycles. The molecule has 1 aromatic carbocycles. The Balaban J connectivity index is 2.22. The summed E-state index contributed by atoms with van der Waals surface area (Å²) in [5, 5.41) is 0. The molecule has 0 spiro atoms. The predicted molar refractivity (Wildman–Crippen MR) is 86.9 cm³/mol. The second kappa shape index (κ2) is 5.43. The number of hydrogen-bond acceptors (Lipinski definition) is 2. The Hall–Kier alpha value is -1.39. The van der Waals surface area contributed by atoms with Gasteiger partial charge in [-0.1, -0.05) is 0 Å². The van der Waals surface area contributed by atoms with Crippen LogP contribution in [-0.2, 0) is 5.88 Å². The maximum Gasteiger partial charge on any atom is 0.128 e. The van der Waals surface area contributed by atoms with Crippen molar-refractivity contribution in [2.75, 3.05) is 0 Å². The molecular weight excluding hydrogens is 307 g/mol. The van der Waals surface area contributed by atoms with Crippen LogP contribution in [0.3, 0.4) is 0 Å². The molecule has 0 bridgehead atoms. The molecule has 110 valence electrons. The van der Waals surface area contributed by atoms with Crippen LogP contribution in [0.4, 0.5) is 4.39 Å². The van der Waals surface area contributed by atoms with Crippen molar-refractivity contribution >= 4 is 34.0 Å². The molecule has 5 heteroatoms. The molecule has 0 fully saturated rings. The molecule has 1 atom stereocenters. The standard InChI is InChI=1S/C16H16ClFN2S/c1-9-6-14-13(7-12(9)18)19-16(8-17)20(14)11(3)15-5-4-10(2)21-15/h4-7,11H,8H2,1-3H3. The van der Waals surface area contributed by atoms with Gasteiger partial charge in [-0.2, -0.15) is 0 Å². The van der Waals surface area contributed by atoms with Crippen molar-refractivity contribution in [3.05, 3.63) is 51.2 Å². The molecule has 1 unspecified atom stereocenters. The number of aryl methyl sites for hydroxylation is 2. The number of aromatic nitrogens is 2. The van der Waals surface area contributed by atoms with Crippen LogP contribution in [-0.4, -0.2) is 9.55 Å². The van der Waals surface area contributed by atoms with Gasteiger partial charge in [-0.3, -0.25) is 0 Å². The lowest BCUT2D eigenvalue weighted by Gasteiger charge is -2.16. The van der Waals surface area contributed by atoms with E-state index >= 15 is 0 Å². The Bertz CT molecular complexity index is 806. The third-order valence-corrected chi connectivity index (χ3v) is 5.13. The minimum Gasteiger partial charge on any atom is -0.319 e. The zero-order valence-corrected chi connectivity index (χ0v) is 13.7. The van der Waals surface area contributed by atoms with Gasteiger partial charge in [0.25, 0.3) is 0 Å². The Morgan fingerprint density at radius 2 is 2.10 bits per heavy atom. The van der Waals surface area contributed by atoms with Gasteiger partial charge in [0, 0.05) is 15.8 Å². The number of fused-ring (bicyclic) bond motifs is 1. The van der Waals surface area contributed by atoms with Crippen molar-refractivity contribution < 1.29 is 4.39 Å². The zero-order chi connectivity index (χ0) is 15.1. The average molecular weight is 323 g/mol. The SMILES string of the molecule is Cc1ccc(C(C)n2c(CCl)nc3cc(F)c(C)cc32)s1. The summed E-state index contributed by atoms with van der Waals surface area (Å²) in [6, 6.07) is 7.72. The quantitative estimate of drug-likeness (QED) is 0.606. The lowest BCUT2D eigenvalue weighted by molar-refractivity contribution is 0.619. The van der Waals surface area contributed by atoms with E-state index < -0.39 is 0 Å². The summed E-state index contributed by atoms with van der Waals surface area (Å²) >= 11 is 7.81. The van der Waals surface area contributed by atoms with E-state index in [-0.39, 0.29) is 11.9 Å². The largest absolute Gasteiger partial charge is 0.319 e. The molecule has 0 aliphatic rings. The first-order valence-corrected chi connectivity index (χ1v) is 8.15. The van der Waals surface area contributed by atoms with Crippen molar-refractivity contribution in [1.29, 1.82) is 0 Å². The first-order chi connectivity index (χ1) is 10.0. The topological polar surface area (TPSA) is 17.8 Å². The molecule has 3 aromatic rings. The van der Waals surface area contributed by atoms with Crippen molar-refractivity contribution in [3.63, 3.8) is 0 Å². The molecule has 2 nitrogen and oxygen atoms in total. The van der Waals surface area contributed by atoms with Crippen LogP contribution < -0.4 is 0 Å². The van der Waals surface area contributed by atoms with Gasteiger partial charge in [-0.25, -0.2) is 9.37 Å². The van der Waals surface area contributed by atoms with Gasteiger partial charge in [0.2, 0.25) is 0 Å². The van der Waals surface area contributed by atoms with Gasteiger partial charge in [0.1, 0.15) is 11.6 Å². The minimum atomic E-state index is -0.229. The molecule has 2 aromatic heterocycles. The second-order valence-corrected chi connectivity index (χ2v) is 6.83. The summed E-state index contributed by atoms with van der Waals surface area (Å²) in [6.45, 7) is 5.99. The highest BCUT2D eigenvalue weighted by molar-refractivity contribution is 7.12. The summed E-state index contributed by atoms with van der Waals surface area (Å²) in [5.41, 5.74) is 2.22. The summed E-state index contributed by atoms with van der Waals surface area (Å²) in [4.78, 5) is 7.01. The minimum absolute atomic E-state index is 0.132. The molecule has 0 aliphatic heterocycles. The number of thiophene rings is 1. The molecular formula is C16H16ClFN2S. The maximum absolute atomic E-state index is 13.7. The van der Waals surface area contributed by atoms with Crippen molar-refractivity contribution in [2.24, 2.45) is 0 Å². The molecule has 0 N–H and O–H groups in total. The number of halogens is 2. The third kappa shape index (κ3) is 2.47. The molecule has 3 rings (SSSR count). The highest BCUT2D eigenvalue weighted by atomic mass is 35.5. The number of hydrogen-bond donors (Lipinski definition) is 0. The van der Waals surface area contributed by atoms with Crippen LogP contribution in [0.2, 0.25) is 0 Å². The number of benzene rings is 1. The van der Waals surface area contributed by atoms with Gasteiger partial charge in [0.05, 0.1) is 23.0 Å². The Morgan fingerprint density at radius 1 is 1.33 bits per heavy atom. The lowest BCUT2D eigenvalue weighted by Crippen LogP contribution is -2.08. The van der Waals surface area contributed by atoms with Crippen LogP contribution in [0.1, 0.15) is 34.1 Å². The Kier molecular flexibility index (Phi) is 3.76. The van der Waals surface area contributed by atoms with E-state index in [0.717, 1.165) is 11.3 Å². The van der Waals surface area contributed by atoms with Crippen LogP contribution in [0.5, 0.6) is 0 Å². The Labute approximate surface area is 132 Å². The van der Waals surface area contributed by atoms with E-state index in [0.29, 0.717) is 17.0 Å². The van der Waals surface area contributed by atoms with Gasteiger partial charge in [-0.05, 0) is 44.5 Å². The number of rotatable bonds is 3. The monoisotopic (exact) mass is 322 g/mol. The predicted octanol–water partition coefficient (Wildman–Crippen LogP) is 5.20. The fraction of sp³-hybridized carbons (Fsp3) is 0.312. The van der Waals surface area contributed by atoms with Crippen molar-refractivity contribution in [2.45, 2.75) is 32.7 Å². The van der Waals surface area contributed by atoms with Gasteiger partial charge in [-0.15, -0.1) is 22.9 Å². The summed E-state index contributed by atoms with van der Waals surface area (Å²) < 4.78 is 15.9. The van der Waals surface area contributed by atoms with Gasteiger partial charge < -0.3 is 4.57 Å². The lowest BCUT2D eigenvalue weighted by atomic mass is 10.2. The molecule has 0 saturated carbocycles. The highest BCUT2D eigenvalue weighted by Crippen LogP contribution is 2.31. The van der Waals surface area contributed by atoms with E-state index in [2.05, 4.69) is 35.5 Å². The van der Waals surface area contributed by atoms with E-state index in [4.69, 9.17) is 11.6 Å². The molecule has 21 heavy (non-hydrogen) atoms. The van der Waals surface area contributed by atoms with Crippen LogP contribution in [0, 0.1) is 19.7 Å². The molecule has 0 radical (unpaired) electrons. The summed E-state index contributed by atoms with van der Waals surface area (Å²) in [7, 11) is 0. The third-order valence-electron chi connectivity index (χ3n) is 3.72. The summed E-state index contributed by atoms with van der Waals surface area (Å²) in [5.74, 6) is 0.854. The van der Waals surface area contributed by atoms with Gasteiger partial charge >= 0.3 is 0 Å². The molecule has 0 saturated heterocycles. The maximum atomic E-state index is 13.7. The van der Waals surface area contributed by atoms with Crippen LogP contribution >= 0.6 is 22.9 Å². The second-order valence-electron chi connectivity index (χ2n) is 5.25. The first kappa shape index (κ1) is 14.5. The molecule has 0 amide bonds. The highest BCUT2D eigenvalue weighted by Gasteiger charge is 2.19. The Morgan fingerprint density at radius 3 is 2.71 bits per heavy atom. The number of nitrogens with zero attached hydrogens (tertiary/aromatic N) is 2. The fourth-order valence-electron chi connectivity index (χ4n) is 2.60. The van der Waals surface area contributed by atoms with Crippen molar-refractivity contribution in [3.8, 4) is 0 Å². The normalized spacial score (nSPS) is 13.0. The van der Waals surface area contributed by atoms with Crippen LogP contribution in [0.25, 0.3) is 11.0 Å². The molecule has 2 heterocycles. The first-order valence-electron chi connectivity index (χ1n) is 6.80. The fourth-order valence-corrected chi connectivity index (χ4v) is 3.71. The van der Waals surface area contributed by atoms with E-state index in [1.807, 2.05) is 6.07 Å². The van der Waals surface area contributed by atoms with E-state index in [1.54, 1.807) is 18.3 Å².